The second kappa shape index (κ2) is 10.7. The summed E-state index contributed by atoms with van der Waals surface area (Å²) in [5.74, 6) is -0.0973. The zero-order valence-corrected chi connectivity index (χ0v) is 13.4. The highest BCUT2D eigenvalue weighted by atomic mass is 16.5. The number of rotatable bonds is 9. The minimum absolute atomic E-state index is 0.0973. The van der Waals surface area contributed by atoms with Gasteiger partial charge in [-0.15, -0.1) is 0 Å². The molecule has 0 heterocycles. The summed E-state index contributed by atoms with van der Waals surface area (Å²) in [5.41, 5.74) is 0.946. The lowest BCUT2D eigenvalue weighted by Crippen LogP contribution is -2.43. The lowest BCUT2D eigenvalue weighted by Gasteiger charge is -2.18. The van der Waals surface area contributed by atoms with E-state index < -0.39 is 6.09 Å². The fourth-order valence-corrected chi connectivity index (χ4v) is 2.06. The van der Waals surface area contributed by atoms with Gasteiger partial charge in [-0.25, -0.2) is 4.79 Å². The zero-order valence-electron chi connectivity index (χ0n) is 13.4. The summed E-state index contributed by atoms with van der Waals surface area (Å²) >= 11 is 0. The molecule has 122 valence electrons. The Hall–Kier alpha value is -2.04. The van der Waals surface area contributed by atoms with E-state index in [1.807, 2.05) is 30.3 Å². The molecular formula is C17H26N2O3. The number of benzene rings is 1. The van der Waals surface area contributed by atoms with E-state index in [1.165, 1.54) is 6.92 Å². The smallest absolute Gasteiger partial charge is 0.407 e. The highest BCUT2D eigenvalue weighted by Gasteiger charge is 2.13. The molecule has 0 aliphatic carbocycles. The highest BCUT2D eigenvalue weighted by molar-refractivity contribution is 5.73. The van der Waals surface area contributed by atoms with Crippen LogP contribution in [0.25, 0.3) is 0 Å². The van der Waals surface area contributed by atoms with Crippen molar-refractivity contribution in [2.24, 2.45) is 0 Å². The Morgan fingerprint density at radius 1 is 1.18 bits per heavy atom. The topological polar surface area (TPSA) is 67.4 Å². The molecule has 0 aromatic heterocycles. The maximum absolute atomic E-state index is 11.9. The third kappa shape index (κ3) is 8.29. The standard InChI is InChI=1S/C17H26N2O3/c1-3-4-6-11-16(12-18-14(2)20)19-17(21)22-13-15-9-7-5-8-10-15/h5,7-10,16H,3-4,6,11-13H2,1-2H3,(H,18,20)(H,19,21)/t16-/m0/s1. The van der Waals surface area contributed by atoms with Crippen molar-refractivity contribution in [3.8, 4) is 0 Å². The first-order valence-corrected chi connectivity index (χ1v) is 7.83. The summed E-state index contributed by atoms with van der Waals surface area (Å²) in [6.07, 6.45) is 3.62. The van der Waals surface area contributed by atoms with Crippen LogP contribution in [0, 0.1) is 0 Å². The van der Waals surface area contributed by atoms with Crippen molar-refractivity contribution in [2.45, 2.75) is 52.2 Å². The van der Waals surface area contributed by atoms with Crippen molar-refractivity contribution in [3.05, 3.63) is 35.9 Å². The molecule has 22 heavy (non-hydrogen) atoms. The third-order valence-electron chi connectivity index (χ3n) is 3.29. The van der Waals surface area contributed by atoms with Crippen molar-refractivity contribution in [3.63, 3.8) is 0 Å². The number of ether oxygens (including phenoxy) is 1. The molecule has 0 saturated carbocycles. The zero-order chi connectivity index (χ0) is 16.2. The number of alkyl carbamates (subject to hydrolysis) is 1. The minimum Gasteiger partial charge on any atom is -0.445 e. The first kappa shape index (κ1) is 18.0. The molecule has 5 nitrogen and oxygen atoms in total. The normalized spacial score (nSPS) is 11.5. The quantitative estimate of drug-likeness (QED) is 0.689. The van der Waals surface area contributed by atoms with Crippen LogP contribution in [0.1, 0.15) is 45.1 Å². The summed E-state index contributed by atoms with van der Waals surface area (Å²) < 4.78 is 5.21. The predicted molar refractivity (Wildman–Crippen MR) is 86.4 cm³/mol. The van der Waals surface area contributed by atoms with Gasteiger partial charge in [0.05, 0.1) is 0 Å². The van der Waals surface area contributed by atoms with Gasteiger partial charge in [0, 0.05) is 19.5 Å². The van der Waals surface area contributed by atoms with Crippen LogP contribution < -0.4 is 10.6 Å². The van der Waals surface area contributed by atoms with Gasteiger partial charge in [-0.1, -0.05) is 56.5 Å². The number of hydrogen-bond donors (Lipinski definition) is 2. The number of unbranched alkanes of at least 4 members (excludes halogenated alkanes) is 2. The van der Waals surface area contributed by atoms with Crippen LogP contribution in [0.15, 0.2) is 30.3 Å². The van der Waals surface area contributed by atoms with E-state index in [-0.39, 0.29) is 18.6 Å². The largest absolute Gasteiger partial charge is 0.445 e. The molecule has 0 aliphatic rings. The monoisotopic (exact) mass is 306 g/mol. The van der Waals surface area contributed by atoms with Crippen LogP contribution in [-0.2, 0) is 16.1 Å². The summed E-state index contributed by atoms with van der Waals surface area (Å²) in [5, 5.41) is 5.57. The highest BCUT2D eigenvalue weighted by Crippen LogP contribution is 2.05. The van der Waals surface area contributed by atoms with Crippen LogP contribution >= 0.6 is 0 Å². The van der Waals surface area contributed by atoms with Crippen LogP contribution in [0.4, 0.5) is 4.79 Å². The molecule has 1 atom stereocenters. The van der Waals surface area contributed by atoms with Gasteiger partial charge < -0.3 is 15.4 Å². The Morgan fingerprint density at radius 3 is 2.55 bits per heavy atom. The number of hydrogen-bond acceptors (Lipinski definition) is 3. The van der Waals surface area contributed by atoms with Gasteiger partial charge in [0.15, 0.2) is 0 Å². The number of amides is 2. The van der Waals surface area contributed by atoms with E-state index in [1.54, 1.807) is 0 Å². The van der Waals surface area contributed by atoms with Crippen molar-refractivity contribution in [2.75, 3.05) is 6.54 Å². The van der Waals surface area contributed by atoms with Gasteiger partial charge in [0.1, 0.15) is 6.61 Å². The maximum atomic E-state index is 11.9. The predicted octanol–water partition coefficient (Wildman–Crippen LogP) is 3.00. The third-order valence-corrected chi connectivity index (χ3v) is 3.29. The van der Waals surface area contributed by atoms with Crippen molar-refractivity contribution in [1.29, 1.82) is 0 Å². The first-order chi connectivity index (χ1) is 10.6. The molecule has 1 aromatic rings. The SMILES string of the molecule is CCCCC[C@@H](CNC(C)=O)NC(=O)OCc1ccccc1. The molecule has 5 heteroatoms. The molecule has 0 spiro atoms. The van der Waals surface area contributed by atoms with Gasteiger partial charge in [0.25, 0.3) is 0 Å². The molecule has 0 unspecified atom stereocenters. The Kier molecular flexibility index (Phi) is 8.72. The molecule has 2 amide bonds. The van der Waals surface area contributed by atoms with E-state index in [0.717, 1.165) is 31.2 Å². The summed E-state index contributed by atoms with van der Waals surface area (Å²) in [4.78, 5) is 22.9. The van der Waals surface area contributed by atoms with Crippen molar-refractivity contribution in [1.82, 2.24) is 10.6 Å². The second-order valence-corrected chi connectivity index (χ2v) is 5.34. The molecule has 2 N–H and O–H groups in total. The van der Waals surface area contributed by atoms with Gasteiger partial charge in [-0.3, -0.25) is 4.79 Å². The molecular weight excluding hydrogens is 280 g/mol. The van der Waals surface area contributed by atoms with Crippen molar-refractivity contribution >= 4 is 12.0 Å². The summed E-state index contributed by atoms with van der Waals surface area (Å²) in [7, 11) is 0. The Labute approximate surface area is 132 Å². The van der Waals surface area contributed by atoms with Gasteiger partial charge in [-0.05, 0) is 12.0 Å². The molecule has 0 bridgehead atoms. The first-order valence-electron chi connectivity index (χ1n) is 7.83. The van der Waals surface area contributed by atoms with E-state index >= 15 is 0 Å². The molecule has 0 fully saturated rings. The van der Waals surface area contributed by atoms with E-state index in [2.05, 4.69) is 17.6 Å². The number of carbonyl (C=O) groups is 2. The molecule has 1 aromatic carbocycles. The van der Waals surface area contributed by atoms with Gasteiger partial charge >= 0.3 is 6.09 Å². The van der Waals surface area contributed by atoms with Crippen LogP contribution in [0.2, 0.25) is 0 Å². The van der Waals surface area contributed by atoms with E-state index in [4.69, 9.17) is 4.74 Å². The Bertz CT molecular complexity index is 448. The molecule has 0 saturated heterocycles. The second-order valence-electron chi connectivity index (χ2n) is 5.34. The van der Waals surface area contributed by atoms with Gasteiger partial charge in [-0.2, -0.15) is 0 Å². The fraction of sp³-hybridized carbons (Fsp3) is 0.529. The molecule has 1 rings (SSSR count). The maximum Gasteiger partial charge on any atom is 0.407 e. The van der Waals surface area contributed by atoms with Crippen LogP contribution in [0.3, 0.4) is 0 Å². The lowest BCUT2D eigenvalue weighted by atomic mass is 10.1. The summed E-state index contributed by atoms with van der Waals surface area (Å²) in [6, 6.07) is 9.44. The Balaban J connectivity index is 2.37. The van der Waals surface area contributed by atoms with Crippen molar-refractivity contribution < 1.29 is 14.3 Å². The molecule has 0 radical (unpaired) electrons. The fourth-order valence-electron chi connectivity index (χ4n) is 2.06. The van der Waals surface area contributed by atoms with Gasteiger partial charge in [0.2, 0.25) is 5.91 Å². The van der Waals surface area contributed by atoms with E-state index in [9.17, 15) is 9.59 Å². The minimum atomic E-state index is -0.448. The number of carbonyl (C=O) groups excluding carboxylic acids is 2. The molecule has 0 aliphatic heterocycles. The van der Waals surface area contributed by atoms with Crippen LogP contribution in [-0.4, -0.2) is 24.6 Å². The average molecular weight is 306 g/mol. The van der Waals surface area contributed by atoms with E-state index in [0.29, 0.717) is 6.54 Å². The number of nitrogens with one attached hydrogen (secondary N) is 2. The lowest BCUT2D eigenvalue weighted by molar-refractivity contribution is -0.119. The van der Waals surface area contributed by atoms with Crippen LogP contribution in [0.5, 0.6) is 0 Å². The average Bonchev–Trinajstić information content (AvgIpc) is 2.51. The summed E-state index contributed by atoms with van der Waals surface area (Å²) in [6.45, 7) is 4.27. The Morgan fingerprint density at radius 2 is 1.91 bits per heavy atom.